The van der Waals surface area contributed by atoms with Crippen molar-refractivity contribution in [2.45, 2.75) is 57.3 Å². The molecule has 4 atom stereocenters. The number of aliphatic carboxylic acids is 1. The Morgan fingerprint density at radius 1 is 0.917 bits per heavy atom. The second-order valence-electron chi connectivity index (χ2n) is 8.61. The summed E-state index contributed by atoms with van der Waals surface area (Å²) in [6.07, 6.45) is 1.38. The number of carboxylic acids is 1. The smallest absolute Gasteiger partial charge is 0.326 e. The monoisotopic (exact) mass is 525 g/mol. The van der Waals surface area contributed by atoms with Gasteiger partial charge in [-0.3, -0.25) is 19.2 Å². The van der Waals surface area contributed by atoms with Crippen molar-refractivity contribution in [2.75, 3.05) is 12.0 Å². The molecule has 0 aliphatic rings. The summed E-state index contributed by atoms with van der Waals surface area (Å²) in [4.78, 5) is 61.3. The molecule has 0 fully saturated rings. The number of hydrogen-bond acceptors (Lipinski definition) is 8. The summed E-state index contributed by atoms with van der Waals surface area (Å²) >= 11 is 1.41. The largest absolute Gasteiger partial charge is 0.508 e. The van der Waals surface area contributed by atoms with Crippen LogP contribution in [0.5, 0.6) is 5.75 Å². The first kappa shape index (κ1) is 30.7. The van der Waals surface area contributed by atoms with Crippen LogP contribution in [0.4, 0.5) is 0 Å². The summed E-state index contributed by atoms with van der Waals surface area (Å²) in [5.74, 6) is -4.11. The zero-order valence-corrected chi connectivity index (χ0v) is 21.3. The lowest BCUT2D eigenvalue weighted by molar-refractivity contribution is -0.143. The maximum atomic E-state index is 13.2. The second-order valence-corrected chi connectivity index (χ2v) is 9.60. The number of aromatic hydroxyl groups is 1. The molecule has 1 aromatic rings. The quantitative estimate of drug-likeness (QED) is 0.151. The van der Waals surface area contributed by atoms with Crippen molar-refractivity contribution in [3.05, 3.63) is 29.8 Å². The number of carbonyl (C=O) groups excluding carboxylic acids is 4. The Balaban J connectivity index is 3.12. The topological polar surface area (TPSA) is 214 Å². The Morgan fingerprint density at radius 3 is 1.94 bits per heavy atom. The number of primary amides is 1. The molecule has 0 saturated heterocycles. The predicted octanol–water partition coefficient (Wildman–Crippen LogP) is -0.914. The van der Waals surface area contributed by atoms with E-state index in [4.69, 9.17) is 11.5 Å². The molecule has 0 radical (unpaired) electrons. The van der Waals surface area contributed by atoms with Gasteiger partial charge in [-0.2, -0.15) is 11.8 Å². The first-order valence-corrected chi connectivity index (χ1v) is 12.7. The molecule has 0 saturated carbocycles. The van der Waals surface area contributed by atoms with E-state index in [1.54, 1.807) is 32.2 Å². The maximum Gasteiger partial charge on any atom is 0.326 e. The Labute approximate surface area is 213 Å². The van der Waals surface area contributed by atoms with Crippen LogP contribution in [-0.2, 0) is 30.4 Å². The van der Waals surface area contributed by atoms with Crippen LogP contribution in [-0.4, -0.2) is 76.0 Å². The normalized spacial score (nSPS) is 14.2. The number of carbonyl (C=O) groups is 5. The standard InChI is InChI=1S/C23H35N5O7S/c1-12(2)19(25)22(33)27-16(10-13-4-6-14(29)7-5-13)21(32)26-15(8-9-36-3)20(31)28-17(23(34)35)11-18(24)30/h4-7,12,15-17,19,29H,8-11,25H2,1-3H3,(H2,24,30)(H,26,32)(H,27,33)(H,28,31)(H,34,35). The predicted molar refractivity (Wildman–Crippen MR) is 135 cm³/mol. The van der Waals surface area contributed by atoms with Gasteiger partial charge in [0.1, 0.15) is 23.9 Å². The van der Waals surface area contributed by atoms with Gasteiger partial charge in [0, 0.05) is 6.42 Å². The lowest BCUT2D eigenvalue weighted by Gasteiger charge is -2.25. The molecule has 0 aliphatic carbocycles. The number of phenolic OH excluding ortho intramolecular Hbond substituents is 1. The van der Waals surface area contributed by atoms with Crippen LogP contribution < -0.4 is 27.4 Å². The van der Waals surface area contributed by atoms with E-state index in [1.165, 1.54) is 23.9 Å². The first-order chi connectivity index (χ1) is 16.8. The number of nitrogens with one attached hydrogen (secondary N) is 3. The van der Waals surface area contributed by atoms with Crippen molar-refractivity contribution >= 4 is 41.4 Å². The van der Waals surface area contributed by atoms with Crippen LogP contribution in [0, 0.1) is 5.92 Å². The van der Waals surface area contributed by atoms with E-state index >= 15 is 0 Å². The van der Waals surface area contributed by atoms with Crippen LogP contribution in [0.2, 0.25) is 0 Å². The molecule has 200 valence electrons. The van der Waals surface area contributed by atoms with Gasteiger partial charge in [-0.25, -0.2) is 4.79 Å². The summed E-state index contributed by atoms with van der Waals surface area (Å²) in [6, 6.07) is 1.36. The van der Waals surface area contributed by atoms with Crippen LogP contribution >= 0.6 is 11.8 Å². The van der Waals surface area contributed by atoms with Crippen molar-refractivity contribution in [1.29, 1.82) is 0 Å². The minimum atomic E-state index is -1.56. The molecule has 4 amide bonds. The Morgan fingerprint density at radius 2 is 1.44 bits per heavy atom. The Hall–Kier alpha value is -3.32. The van der Waals surface area contributed by atoms with Gasteiger partial charge in [-0.15, -0.1) is 0 Å². The molecule has 0 bridgehead atoms. The molecule has 1 rings (SSSR count). The summed E-state index contributed by atoms with van der Waals surface area (Å²) in [6.45, 7) is 3.51. The lowest BCUT2D eigenvalue weighted by Crippen LogP contribution is -2.58. The highest BCUT2D eigenvalue weighted by Crippen LogP contribution is 2.12. The van der Waals surface area contributed by atoms with E-state index in [0.29, 0.717) is 11.3 Å². The zero-order valence-electron chi connectivity index (χ0n) is 20.5. The highest BCUT2D eigenvalue weighted by Gasteiger charge is 2.31. The summed E-state index contributed by atoms with van der Waals surface area (Å²) < 4.78 is 0. The molecular weight excluding hydrogens is 490 g/mol. The van der Waals surface area contributed by atoms with Crippen molar-refractivity contribution in [3.63, 3.8) is 0 Å². The molecule has 13 heteroatoms. The van der Waals surface area contributed by atoms with Gasteiger partial charge in [0.25, 0.3) is 0 Å². The van der Waals surface area contributed by atoms with Crippen LogP contribution in [0.1, 0.15) is 32.3 Å². The van der Waals surface area contributed by atoms with Gasteiger partial charge >= 0.3 is 5.97 Å². The fraction of sp³-hybridized carbons (Fsp3) is 0.522. The van der Waals surface area contributed by atoms with Crippen LogP contribution in [0.3, 0.4) is 0 Å². The number of thioether (sulfide) groups is 1. The molecule has 0 aromatic heterocycles. The number of phenols is 1. The van der Waals surface area contributed by atoms with Crippen LogP contribution in [0.25, 0.3) is 0 Å². The average Bonchev–Trinajstić information content (AvgIpc) is 2.80. The fourth-order valence-corrected chi connectivity index (χ4v) is 3.57. The summed E-state index contributed by atoms with van der Waals surface area (Å²) in [5.41, 5.74) is 11.6. The third-order valence-corrected chi connectivity index (χ3v) is 5.94. The SMILES string of the molecule is CSCCC(NC(=O)C(Cc1ccc(O)cc1)NC(=O)C(N)C(C)C)C(=O)NC(CC(N)=O)C(=O)O. The molecule has 1 aromatic carbocycles. The van der Waals surface area contributed by atoms with Crippen molar-refractivity contribution < 1.29 is 34.2 Å². The third kappa shape index (κ3) is 10.5. The van der Waals surface area contributed by atoms with Gasteiger partial charge in [0.2, 0.25) is 23.6 Å². The second kappa shape index (κ2) is 14.9. The van der Waals surface area contributed by atoms with E-state index in [1.807, 2.05) is 0 Å². The molecular formula is C23H35N5O7S. The lowest BCUT2D eigenvalue weighted by atomic mass is 10.0. The number of hydrogen-bond donors (Lipinski definition) is 7. The molecule has 9 N–H and O–H groups in total. The first-order valence-electron chi connectivity index (χ1n) is 11.3. The van der Waals surface area contributed by atoms with Gasteiger partial charge < -0.3 is 37.6 Å². The van der Waals surface area contributed by atoms with E-state index in [9.17, 15) is 34.2 Å². The highest BCUT2D eigenvalue weighted by atomic mass is 32.2. The van der Waals surface area contributed by atoms with Crippen molar-refractivity contribution in [2.24, 2.45) is 17.4 Å². The molecule has 0 heterocycles. The van der Waals surface area contributed by atoms with E-state index < -0.39 is 60.2 Å². The molecule has 12 nitrogen and oxygen atoms in total. The number of carboxylic acid groups (broad SMARTS) is 1. The van der Waals surface area contributed by atoms with E-state index in [2.05, 4.69) is 16.0 Å². The summed E-state index contributed by atoms with van der Waals surface area (Å²) in [5, 5.41) is 26.2. The van der Waals surface area contributed by atoms with Crippen LogP contribution in [0.15, 0.2) is 24.3 Å². The maximum absolute atomic E-state index is 13.2. The molecule has 0 aliphatic heterocycles. The number of nitrogens with two attached hydrogens (primary N) is 2. The summed E-state index contributed by atoms with van der Waals surface area (Å²) in [7, 11) is 0. The fourth-order valence-electron chi connectivity index (χ4n) is 3.10. The van der Waals surface area contributed by atoms with Gasteiger partial charge in [0.15, 0.2) is 0 Å². The van der Waals surface area contributed by atoms with E-state index in [0.717, 1.165) is 0 Å². The minimum absolute atomic E-state index is 0.0309. The van der Waals surface area contributed by atoms with Gasteiger partial charge in [0.05, 0.1) is 12.5 Å². The minimum Gasteiger partial charge on any atom is -0.508 e. The third-order valence-electron chi connectivity index (χ3n) is 5.29. The van der Waals surface area contributed by atoms with Crippen molar-refractivity contribution in [3.8, 4) is 5.75 Å². The number of rotatable bonds is 15. The molecule has 0 spiro atoms. The Kier molecular flexibility index (Phi) is 12.7. The van der Waals surface area contributed by atoms with E-state index in [-0.39, 0.29) is 24.5 Å². The van der Waals surface area contributed by atoms with Crippen molar-refractivity contribution in [1.82, 2.24) is 16.0 Å². The molecule has 4 unspecified atom stereocenters. The number of amides is 4. The molecule has 36 heavy (non-hydrogen) atoms. The average molecular weight is 526 g/mol. The van der Waals surface area contributed by atoms with Gasteiger partial charge in [-0.05, 0) is 42.0 Å². The zero-order chi connectivity index (χ0) is 27.4. The number of benzene rings is 1. The highest BCUT2D eigenvalue weighted by molar-refractivity contribution is 7.98. The van der Waals surface area contributed by atoms with Gasteiger partial charge in [-0.1, -0.05) is 26.0 Å². The Bertz CT molecular complexity index is 926.